The van der Waals surface area contributed by atoms with Gasteiger partial charge in [0.15, 0.2) is 0 Å². The number of thioether (sulfide) groups is 1. The number of nitrogens with zero attached hydrogens (tertiary/aromatic N) is 1. The van der Waals surface area contributed by atoms with Crippen LogP contribution in [-0.4, -0.2) is 26.8 Å². The number of alkyl halides is 3. The van der Waals surface area contributed by atoms with Crippen LogP contribution in [0.1, 0.15) is 23.1 Å². The van der Waals surface area contributed by atoms with Crippen LogP contribution in [0.4, 0.5) is 13.2 Å². The summed E-state index contributed by atoms with van der Waals surface area (Å²) in [6.07, 6.45) is -4.56. The molecule has 8 heteroatoms. The number of aliphatic carboxylic acids is 1. The fraction of sp³-hybridized carbons (Fsp3) is 0.500. The van der Waals surface area contributed by atoms with Gasteiger partial charge in [-0.1, -0.05) is 0 Å². The molecular formula is C8H7F3N2O2S. The van der Waals surface area contributed by atoms with Crippen LogP contribution in [0.3, 0.4) is 0 Å². The average molecular weight is 252 g/mol. The van der Waals surface area contributed by atoms with Crippen LogP contribution in [-0.2, 0) is 16.7 Å². The summed E-state index contributed by atoms with van der Waals surface area (Å²) in [6.45, 7) is 0. The Morgan fingerprint density at radius 1 is 1.56 bits per heavy atom. The van der Waals surface area contributed by atoms with Crippen molar-refractivity contribution in [1.29, 1.82) is 0 Å². The second kappa shape index (κ2) is 3.69. The first kappa shape index (κ1) is 11.3. The highest BCUT2D eigenvalue weighted by Gasteiger charge is 2.39. The minimum atomic E-state index is -4.56. The zero-order valence-electron chi connectivity index (χ0n) is 7.84. The summed E-state index contributed by atoms with van der Waals surface area (Å²) in [6, 6.07) is 0. The molecule has 0 saturated carbocycles. The number of carboxylic acids is 1. The average Bonchev–Trinajstić information content (AvgIpc) is 2.59. The predicted molar refractivity (Wildman–Crippen MR) is 50.1 cm³/mol. The zero-order chi connectivity index (χ0) is 11.9. The molecule has 88 valence electrons. The van der Waals surface area contributed by atoms with E-state index < -0.39 is 23.9 Å². The van der Waals surface area contributed by atoms with E-state index in [1.54, 1.807) is 0 Å². The summed E-state index contributed by atoms with van der Waals surface area (Å²) in [7, 11) is 0. The summed E-state index contributed by atoms with van der Waals surface area (Å²) in [5, 5.41) is 8.85. The van der Waals surface area contributed by atoms with Gasteiger partial charge in [0.05, 0.1) is 5.69 Å². The lowest BCUT2D eigenvalue weighted by Crippen LogP contribution is -2.19. The first-order valence-electron chi connectivity index (χ1n) is 4.36. The van der Waals surface area contributed by atoms with Crippen LogP contribution in [0, 0.1) is 0 Å². The molecule has 1 aliphatic rings. The van der Waals surface area contributed by atoms with Crippen molar-refractivity contribution < 1.29 is 23.1 Å². The first-order chi connectivity index (χ1) is 7.39. The van der Waals surface area contributed by atoms with E-state index in [2.05, 4.69) is 9.97 Å². The Morgan fingerprint density at radius 3 is 2.81 bits per heavy atom. The monoisotopic (exact) mass is 252 g/mol. The van der Waals surface area contributed by atoms with Gasteiger partial charge in [-0.3, -0.25) is 4.79 Å². The quantitative estimate of drug-likeness (QED) is 0.800. The van der Waals surface area contributed by atoms with Crippen molar-refractivity contribution in [3.05, 3.63) is 17.2 Å². The van der Waals surface area contributed by atoms with Crippen LogP contribution in [0.2, 0.25) is 0 Å². The molecule has 0 aliphatic carbocycles. The van der Waals surface area contributed by atoms with Gasteiger partial charge in [0, 0.05) is 17.2 Å². The lowest BCUT2D eigenvalue weighted by molar-refractivity contribution is -0.145. The molecule has 0 fully saturated rings. The standard InChI is InChI=1S/C8H7F3N2O2S/c9-8(10,11)7-12-4-2-16-1-3(6(14)15)5(4)13-7/h3H,1-2H2,(H,12,13)(H,14,15). The zero-order valence-corrected chi connectivity index (χ0v) is 8.65. The van der Waals surface area contributed by atoms with E-state index in [-0.39, 0.29) is 17.1 Å². The maximum Gasteiger partial charge on any atom is 0.449 e. The van der Waals surface area contributed by atoms with Gasteiger partial charge >= 0.3 is 12.1 Å². The Balaban J connectivity index is 2.42. The van der Waals surface area contributed by atoms with Crippen molar-refractivity contribution in [2.24, 2.45) is 0 Å². The smallest absolute Gasteiger partial charge is 0.449 e. The van der Waals surface area contributed by atoms with Crippen LogP contribution >= 0.6 is 11.8 Å². The van der Waals surface area contributed by atoms with Crippen molar-refractivity contribution in [3.63, 3.8) is 0 Å². The van der Waals surface area contributed by atoms with Crippen molar-refractivity contribution >= 4 is 17.7 Å². The van der Waals surface area contributed by atoms with E-state index >= 15 is 0 Å². The van der Waals surface area contributed by atoms with Crippen LogP contribution in [0.15, 0.2) is 0 Å². The van der Waals surface area contributed by atoms with Gasteiger partial charge < -0.3 is 10.1 Å². The topological polar surface area (TPSA) is 66.0 Å². The van der Waals surface area contributed by atoms with Gasteiger partial charge in [-0.05, 0) is 0 Å². The third kappa shape index (κ3) is 1.89. The SMILES string of the molecule is O=C(O)C1CSCc2[nH]c(C(F)(F)F)nc21. The van der Waals surface area contributed by atoms with E-state index in [1.165, 1.54) is 11.8 Å². The Morgan fingerprint density at radius 2 is 2.25 bits per heavy atom. The normalized spacial score (nSPS) is 20.6. The summed E-state index contributed by atoms with van der Waals surface area (Å²) in [5.74, 6) is -2.63. The van der Waals surface area contributed by atoms with Crippen molar-refractivity contribution in [2.75, 3.05) is 5.75 Å². The van der Waals surface area contributed by atoms with Crippen molar-refractivity contribution in [1.82, 2.24) is 9.97 Å². The van der Waals surface area contributed by atoms with Crippen LogP contribution in [0.5, 0.6) is 0 Å². The summed E-state index contributed by atoms with van der Waals surface area (Å²) in [5.41, 5.74) is 0.273. The molecular weight excluding hydrogens is 245 g/mol. The van der Waals surface area contributed by atoms with E-state index in [0.29, 0.717) is 5.75 Å². The molecule has 1 aromatic rings. The summed E-state index contributed by atoms with van der Waals surface area (Å²) in [4.78, 5) is 16.3. The minimum Gasteiger partial charge on any atom is -0.481 e. The molecule has 0 radical (unpaired) electrons. The van der Waals surface area contributed by atoms with E-state index in [9.17, 15) is 18.0 Å². The maximum atomic E-state index is 12.4. The van der Waals surface area contributed by atoms with Crippen molar-refractivity contribution in [2.45, 2.75) is 17.8 Å². The van der Waals surface area contributed by atoms with Crippen LogP contribution < -0.4 is 0 Å². The number of halogens is 3. The Kier molecular flexibility index (Phi) is 2.61. The molecule has 0 spiro atoms. The first-order valence-corrected chi connectivity index (χ1v) is 5.51. The molecule has 0 bridgehead atoms. The molecule has 1 atom stereocenters. The lowest BCUT2D eigenvalue weighted by Gasteiger charge is -2.16. The van der Waals surface area contributed by atoms with Gasteiger partial charge in [0.25, 0.3) is 0 Å². The highest BCUT2D eigenvalue weighted by Crippen LogP contribution is 2.35. The maximum absolute atomic E-state index is 12.4. The summed E-state index contributed by atoms with van der Waals surface area (Å²) >= 11 is 1.28. The minimum absolute atomic E-state index is 0.0126. The van der Waals surface area contributed by atoms with Gasteiger partial charge in [-0.25, -0.2) is 4.98 Å². The highest BCUT2D eigenvalue weighted by atomic mass is 32.2. The lowest BCUT2D eigenvalue weighted by atomic mass is 10.1. The number of hydrogen-bond donors (Lipinski definition) is 2. The van der Waals surface area contributed by atoms with Gasteiger partial charge in [0.2, 0.25) is 5.82 Å². The number of hydrogen-bond acceptors (Lipinski definition) is 3. The molecule has 0 amide bonds. The number of carbonyl (C=O) groups is 1. The van der Waals surface area contributed by atoms with Crippen molar-refractivity contribution in [3.8, 4) is 0 Å². The Bertz CT molecular complexity index is 429. The summed E-state index contributed by atoms with van der Waals surface area (Å²) < 4.78 is 37.1. The third-order valence-electron chi connectivity index (χ3n) is 2.24. The van der Waals surface area contributed by atoms with Gasteiger partial charge in [0.1, 0.15) is 5.92 Å². The number of nitrogens with one attached hydrogen (secondary N) is 1. The van der Waals surface area contributed by atoms with E-state index in [4.69, 9.17) is 5.11 Å². The molecule has 2 N–H and O–H groups in total. The molecule has 1 unspecified atom stereocenters. The fourth-order valence-electron chi connectivity index (χ4n) is 1.50. The molecule has 4 nitrogen and oxygen atoms in total. The van der Waals surface area contributed by atoms with Gasteiger partial charge in [-0.15, -0.1) is 0 Å². The number of carboxylic acid groups (broad SMARTS) is 1. The number of fused-ring (bicyclic) bond motifs is 1. The molecule has 0 aromatic carbocycles. The number of aromatic amines is 1. The van der Waals surface area contributed by atoms with Gasteiger partial charge in [-0.2, -0.15) is 24.9 Å². The van der Waals surface area contributed by atoms with E-state index in [1.807, 2.05) is 0 Å². The Hall–Kier alpha value is -1.18. The molecule has 1 aliphatic heterocycles. The molecule has 0 saturated heterocycles. The largest absolute Gasteiger partial charge is 0.481 e. The highest BCUT2D eigenvalue weighted by molar-refractivity contribution is 7.98. The second-order valence-corrected chi connectivity index (χ2v) is 4.38. The fourth-order valence-corrected chi connectivity index (χ4v) is 2.58. The molecule has 16 heavy (non-hydrogen) atoms. The predicted octanol–water partition coefficient (Wildman–Crippen LogP) is 1.84. The molecule has 2 rings (SSSR count). The number of imidazole rings is 1. The van der Waals surface area contributed by atoms with Crippen LogP contribution in [0.25, 0.3) is 0 Å². The second-order valence-electron chi connectivity index (χ2n) is 3.35. The Labute approximate surface area is 92.3 Å². The third-order valence-corrected chi connectivity index (χ3v) is 3.30. The molecule has 2 heterocycles. The number of aromatic nitrogens is 2. The van der Waals surface area contributed by atoms with E-state index in [0.717, 1.165) is 0 Å². The molecule has 1 aromatic heterocycles. The number of rotatable bonds is 1. The number of H-pyrrole nitrogens is 1.